The van der Waals surface area contributed by atoms with Crippen molar-refractivity contribution in [3.8, 4) is 0 Å². The summed E-state index contributed by atoms with van der Waals surface area (Å²) in [5, 5.41) is 68.3. The summed E-state index contributed by atoms with van der Waals surface area (Å²) >= 11 is 0. The normalized spacial score (nSPS) is 24.8. The molecule has 496 valence electrons. The Hall–Kier alpha value is -7.54. The van der Waals surface area contributed by atoms with Gasteiger partial charge in [-0.05, 0) is 55.2 Å². The second kappa shape index (κ2) is 32.1. The third-order valence-electron chi connectivity index (χ3n) is 16.2. The Kier molecular flexibility index (Phi) is 24.5. The van der Waals surface area contributed by atoms with Gasteiger partial charge in [0, 0.05) is 50.8 Å². The molecule has 0 spiro atoms. The topological polar surface area (TPSA) is 468 Å². The number of nitrogens with zero attached hydrogens (tertiary/aromatic N) is 10. The number of ether oxygens (including phenoxy) is 5. The number of carbonyl (C=O) groups is 3. The fourth-order valence-corrected chi connectivity index (χ4v) is 11.6. The molecule has 0 bridgehead atoms. The Morgan fingerprint density at radius 1 is 0.692 bits per heavy atom. The number of hydrogen-bond donors (Lipinski definition) is 13. The first-order valence-corrected chi connectivity index (χ1v) is 30.1. The van der Waals surface area contributed by atoms with Crippen LogP contribution in [-0.4, -0.2) is 204 Å². The number of benzene rings is 1. The Bertz CT molecular complexity index is 3490. The molecule has 3 saturated heterocycles. The molecule has 3 aliphatic heterocycles. The molecule has 3 fully saturated rings. The molecule has 31 nitrogen and oxygen atoms in total. The molecular weight excluding hydrogens is 1190 g/mol. The summed E-state index contributed by atoms with van der Waals surface area (Å²) in [6, 6.07) is 5.82. The third-order valence-corrected chi connectivity index (χ3v) is 16.2. The quantitative estimate of drug-likeness (QED) is 0.0192. The van der Waals surface area contributed by atoms with E-state index in [1.54, 1.807) is 52.1 Å². The van der Waals surface area contributed by atoms with Crippen LogP contribution in [0.15, 0.2) is 80.2 Å². The molecule has 7 aromatic rings. The van der Waals surface area contributed by atoms with Crippen LogP contribution < -0.4 is 39.3 Å². The molecule has 9 heterocycles. The Morgan fingerprint density at radius 3 is 1.85 bits per heavy atom. The second-order valence-electron chi connectivity index (χ2n) is 22.4. The van der Waals surface area contributed by atoms with Gasteiger partial charge in [0.1, 0.15) is 71.0 Å². The standard InChI is InChI=1S/C22H29N7O4.C20H31N5O6.C17H24FN5O4/c1-2-4-15(24)21(32)28(10-13-5-3-7-25-9-13)18-16(11-30)33-22(19(18)31)29-12-27-17-14(23)6-8-26-20(17)29;1-3-4-14(24-10-30-11-29-2)15(27)7-12-16(8-26)31-20(18(12)28)25-9-23-17-13(21)5-6-22-19(17)25;1-2-3-10(20)16(26)22-13-11(6-24)27-17(15(13)25)23-7-21-12-9(19)5-4-8(18)14(12)23/h3,5-9,12,15-16,18-19,22,30-31H,2,4,10-11,24H2,1H3,(H2,23,26);5-6,9,12,14,16,18,20,24,26,28H,3-4,7-8,10-11H2,1-2H3,(H2,21,22);4-5,7,10-11,13,15,17,24-25H,2-3,6,19-20H2,1H3,(H,22,26)/t15?,16-,18+,19?,22-;12-,14?,16+,18?,20+;10?,11-,13+,15?,17-/m101/s1. The number of nitrogens with two attached hydrogens (primary N) is 5. The number of Topliss-reactive ketones (excluding diaryl/α,β-unsaturated/α-hetero) is 1. The number of pyridine rings is 3. The van der Waals surface area contributed by atoms with E-state index in [4.69, 9.17) is 52.4 Å². The van der Waals surface area contributed by atoms with Crippen LogP contribution in [0, 0.1) is 11.7 Å². The lowest BCUT2D eigenvalue weighted by molar-refractivity contribution is -0.139. The van der Waals surface area contributed by atoms with Crippen molar-refractivity contribution in [2.75, 3.05) is 57.7 Å². The smallest absolute Gasteiger partial charge is 0.240 e. The van der Waals surface area contributed by atoms with Crippen LogP contribution in [-0.2, 0) is 44.6 Å². The molecule has 1 aromatic carbocycles. The minimum Gasteiger partial charge on any atom is -0.397 e. The summed E-state index contributed by atoms with van der Waals surface area (Å²) in [5.41, 5.74) is 33.9. The van der Waals surface area contributed by atoms with E-state index in [0.717, 1.165) is 24.8 Å². The highest BCUT2D eigenvalue weighted by Gasteiger charge is 2.51. The van der Waals surface area contributed by atoms with Crippen LogP contribution in [0.3, 0.4) is 0 Å². The second-order valence-corrected chi connectivity index (χ2v) is 22.4. The zero-order valence-electron chi connectivity index (χ0n) is 51.0. The number of fused-ring (bicyclic) bond motifs is 3. The van der Waals surface area contributed by atoms with Crippen molar-refractivity contribution >= 4 is 68.0 Å². The monoisotopic (exact) mass is 1270 g/mol. The molecule has 91 heavy (non-hydrogen) atoms. The van der Waals surface area contributed by atoms with E-state index in [2.05, 4.69) is 40.5 Å². The number of carbonyl (C=O) groups excluding carboxylic acids is 3. The summed E-state index contributed by atoms with van der Waals surface area (Å²) in [6.45, 7) is 5.12. The van der Waals surface area contributed by atoms with Gasteiger partial charge >= 0.3 is 0 Å². The van der Waals surface area contributed by atoms with E-state index in [1.165, 1.54) is 47.7 Å². The number of amides is 2. The molecule has 3 aliphatic rings. The number of methoxy groups -OCH3 is 1. The summed E-state index contributed by atoms with van der Waals surface area (Å²) in [7, 11) is 1.52. The average molecular weight is 1270 g/mol. The largest absolute Gasteiger partial charge is 0.397 e. The number of aromatic nitrogens is 9. The van der Waals surface area contributed by atoms with Gasteiger partial charge in [-0.25, -0.2) is 29.3 Å². The van der Waals surface area contributed by atoms with E-state index >= 15 is 0 Å². The predicted octanol–water partition coefficient (Wildman–Crippen LogP) is -0.0199. The highest BCUT2D eigenvalue weighted by molar-refractivity contribution is 5.88. The highest BCUT2D eigenvalue weighted by atomic mass is 19.1. The van der Waals surface area contributed by atoms with Gasteiger partial charge in [0.15, 0.2) is 30.0 Å². The molecule has 0 aliphatic carbocycles. The van der Waals surface area contributed by atoms with Crippen molar-refractivity contribution in [2.45, 2.75) is 158 Å². The van der Waals surface area contributed by atoms with E-state index in [9.17, 15) is 49.4 Å². The van der Waals surface area contributed by atoms with Gasteiger partial charge in [0.25, 0.3) is 0 Å². The number of hydrogen-bond acceptors (Lipinski definition) is 26. The molecule has 32 heteroatoms. The lowest BCUT2D eigenvalue weighted by Gasteiger charge is -2.35. The number of halogens is 1. The Balaban J connectivity index is 0.000000177. The van der Waals surface area contributed by atoms with Crippen LogP contribution in [0.5, 0.6) is 0 Å². The van der Waals surface area contributed by atoms with Crippen molar-refractivity contribution in [3.05, 3.63) is 91.5 Å². The number of rotatable bonds is 26. The number of anilines is 3. The first-order valence-electron chi connectivity index (χ1n) is 30.1. The van der Waals surface area contributed by atoms with E-state index in [-0.39, 0.29) is 61.5 Å². The molecule has 18 N–H and O–H groups in total. The van der Waals surface area contributed by atoms with Crippen LogP contribution in [0.4, 0.5) is 21.5 Å². The van der Waals surface area contributed by atoms with Gasteiger partial charge in [-0.15, -0.1) is 0 Å². The van der Waals surface area contributed by atoms with E-state index in [0.29, 0.717) is 53.0 Å². The number of aliphatic hydroxyl groups excluding tert-OH is 6. The minimum atomic E-state index is -1.25. The average Bonchev–Trinajstić information content (AvgIpc) is 1.64. The molecular formula is C59H84FN17O14. The number of imidazole rings is 3. The van der Waals surface area contributed by atoms with Gasteiger partial charge in [0.2, 0.25) is 11.8 Å². The SMILES string of the molecule is CCCC(N)C(=O)N(Cc1cccnc1)[C@@H]1C(O)[C@H](n2cnc3c(N)ccnc32)O[C@@H]1CO.CCCC(N)C(=O)N[C@@H]1C(O)[C@H](n2cnc3c(N)ccc(F)c32)O[C@@H]1CO.CCCC(NCOCOC)C(=O)C[C@@H]1C(O)[C@H](n2cnc3c(N)ccnc32)O[C@@H]1CO. The fourth-order valence-electron chi connectivity index (χ4n) is 11.6. The van der Waals surface area contributed by atoms with Gasteiger partial charge in [-0.1, -0.05) is 46.1 Å². The van der Waals surface area contributed by atoms with Crippen molar-refractivity contribution < 1.29 is 73.1 Å². The molecule has 10 rings (SSSR count). The minimum absolute atomic E-state index is 0.0486. The maximum absolute atomic E-state index is 14.3. The molecule has 0 radical (unpaired) electrons. The fraction of sp³-hybridized carbons (Fsp3) is 0.542. The molecule has 6 unspecified atom stereocenters. The maximum Gasteiger partial charge on any atom is 0.240 e. The van der Waals surface area contributed by atoms with Crippen LogP contribution >= 0.6 is 0 Å². The van der Waals surface area contributed by atoms with Gasteiger partial charge in [-0.3, -0.25) is 38.4 Å². The lowest BCUT2D eigenvalue weighted by Crippen LogP contribution is -2.55. The summed E-state index contributed by atoms with van der Waals surface area (Å²) in [6.07, 6.45) is 5.85. The molecule has 0 saturated carbocycles. The van der Waals surface area contributed by atoms with Gasteiger partial charge in [-0.2, -0.15) is 0 Å². The lowest BCUT2D eigenvalue weighted by atomic mass is 9.89. The van der Waals surface area contributed by atoms with Crippen molar-refractivity contribution in [1.82, 2.24) is 59.1 Å². The number of ketones is 1. The molecule has 15 atom stereocenters. The number of nitrogens with one attached hydrogen (secondary N) is 2. The summed E-state index contributed by atoms with van der Waals surface area (Å²) in [5.74, 6) is -2.01. The van der Waals surface area contributed by atoms with Crippen LogP contribution in [0.1, 0.15) is 90.0 Å². The first-order chi connectivity index (χ1) is 43.9. The Labute approximate surface area is 523 Å². The van der Waals surface area contributed by atoms with Crippen LogP contribution in [0.2, 0.25) is 0 Å². The van der Waals surface area contributed by atoms with Crippen molar-refractivity contribution in [1.29, 1.82) is 0 Å². The van der Waals surface area contributed by atoms with E-state index < -0.39 is 116 Å². The number of aliphatic hydroxyl groups is 6. The predicted molar refractivity (Wildman–Crippen MR) is 328 cm³/mol. The highest BCUT2D eigenvalue weighted by Crippen LogP contribution is 2.40. The van der Waals surface area contributed by atoms with E-state index in [1.807, 2.05) is 26.8 Å². The van der Waals surface area contributed by atoms with Gasteiger partial charge in [0.05, 0.1) is 98.9 Å². The Morgan fingerprint density at radius 2 is 1.25 bits per heavy atom. The summed E-state index contributed by atoms with van der Waals surface area (Å²) < 4.78 is 46.5. The van der Waals surface area contributed by atoms with Crippen molar-refractivity contribution in [3.63, 3.8) is 0 Å². The summed E-state index contributed by atoms with van der Waals surface area (Å²) in [4.78, 5) is 65.4. The zero-order valence-corrected chi connectivity index (χ0v) is 51.0. The van der Waals surface area contributed by atoms with Crippen LogP contribution in [0.25, 0.3) is 33.4 Å². The molecule has 6 aromatic heterocycles. The third kappa shape index (κ3) is 15.5. The zero-order chi connectivity index (χ0) is 65.6. The first kappa shape index (κ1) is 69.4. The maximum atomic E-state index is 14.3. The van der Waals surface area contributed by atoms with Crippen molar-refractivity contribution in [2.24, 2.45) is 17.4 Å². The van der Waals surface area contributed by atoms with Gasteiger partial charge < -0.3 is 93.2 Å². The molecule has 2 amide bonds. The number of nitrogen functional groups attached to an aromatic ring is 3.